The van der Waals surface area contributed by atoms with Gasteiger partial charge in [-0.2, -0.15) is 0 Å². The van der Waals surface area contributed by atoms with Crippen molar-refractivity contribution in [3.05, 3.63) is 108 Å². The third kappa shape index (κ3) is 6.43. The standard InChI is InChI=1S/C41H45N5O4/c1-48-34-11-7-29(8-12-34)26-44-19-20-46(37(27-44)36-5-3-4-6-38(36)49-2)33-23-41(24-33)14-17-45(18-15-41)32-10-9-31(28-47)39(22-32)50-35-21-30-13-16-42-40(30)43-25-35/h3-13,16,21-22,25,28,33,37H,14-15,17-20,23-24,26-27H2,1-2H3,(H,42,43). The van der Waals surface area contributed by atoms with E-state index in [2.05, 4.69) is 79.3 Å². The molecule has 3 fully saturated rings. The number of hydrogen-bond donors (Lipinski definition) is 1. The Morgan fingerprint density at radius 1 is 0.880 bits per heavy atom. The average molecular weight is 672 g/mol. The lowest BCUT2D eigenvalue weighted by molar-refractivity contribution is -0.0629. The molecule has 9 heteroatoms. The number of pyridine rings is 1. The van der Waals surface area contributed by atoms with Gasteiger partial charge in [0.25, 0.3) is 0 Å². The van der Waals surface area contributed by atoms with Crippen LogP contribution in [0.4, 0.5) is 5.69 Å². The Kier molecular flexibility index (Phi) is 8.93. The van der Waals surface area contributed by atoms with Crippen LogP contribution < -0.4 is 19.1 Å². The van der Waals surface area contributed by atoms with Crippen molar-refractivity contribution in [2.45, 2.75) is 44.3 Å². The third-order valence-corrected chi connectivity index (χ3v) is 11.3. The molecule has 3 aromatic carbocycles. The Morgan fingerprint density at radius 3 is 2.48 bits per heavy atom. The normalized spacial score (nSPS) is 19.7. The number of nitrogens with zero attached hydrogens (tertiary/aromatic N) is 4. The van der Waals surface area contributed by atoms with Crippen molar-refractivity contribution in [1.29, 1.82) is 0 Å². The molecule has 50 heavy (non-hydrogen) atoms. The summed E-state index contributed by atoms with van der Waals surface area (Å²) in [5.41, 5.74) is 5.41. The van der Waals surface area contributed by atoms with Crippen LogP contribution in [0.15, 0.2) is 91.3 Å². The lowest BCUT2D eigenvalue weighted by Crippen LogP contribution is -2.59. The van der Waals surface area contributed by atoms with Crippen LogP contribution in [0.2, 0.25) is 0 Å². The molecule has 8 rings (SSSR count). The number of rotatable bonds is 10. The fourth-order valence-corrected chi connectivity index (χ4v) is 8.47. The largest absolute Gasteiger partial charge is 0.497 e. The van der Waals surface area contributed by atoms with E-state index in [1.165, 1.54) is 36.8 Å². The summed E-state index contributed by atoms with van der Waals surface area (Å²) in [5, 5.41) is 0.969. The van der Waals surface area contributed by atoms with Gasteiger partial charge < -0.3 is 24.1 Å². The first-order chi connectivity index (χ1) is 24.5. The third-order valence-electron chi connectivity index (χ3n) is 11.3. The first-order valence-corrected chi connectivity index (χ1v) is 17.7. The zero-order chi connectivity index (χ0) is 34.1. The number of carbonyl (C=O) groups excluding carboxylic acids is 1. The fraction of sp³-hybridized carbons (Fsp3) is 0.366. The van der Waals surface area contributed by atoms with Crippen LogP contribution in [0.3, 0.4) is 0 Å². The molecule has 1 saturated carbocycles. The van der Waals surface area contributed by atoms with Crippen LogP contribution in [-0.2, 0) is 6.54 Å². The van der Waals surface area contributed by atoms with Crippen molar-refractivity contribution in [3.63, 3.8) is 0 Å². The number of piperidine rings is 1. The first-order valence-electron chi connectivity index (χ1n) is 17.7. The van der Waals surface area contributed by atoms with Gasteiger partial charge in [-0.3, -0.25) is 14.6 Å². The molecule has 1 N–H and O–H groups in total. The molecule has 258 valence electrons. The number of hydrogen-bond acceptors (Lipinski definition) is 8. The zero-order valence-corrected chi connectivity index (χ0v) is 28.9. The topological polar surface area (TPSA) is 83.2 Å². The van der Waals surface area contributed by atoms with E-state index in [4.69, 9.17) is 14.2 Å². The Hall–Kier alpha value is -4.86. The van der Waals surface area contributed by atoms with Crippen LogP contribution in [0, 0.1) is 5.41 Å². The Balaban J connectivity index is 0.928. The molecule has 0 bridgehead atoms. The second-order valence-electron chi connectivity index (χ2n) is 14.2. The van der Waals surface area contributed by atoms with E-state index in [9.17, 15) is 4.79 Å². The number of carbonyl (C=O) groups is 1. The van der Waals surface area contributed by atoms with Crippen molar-refractivity contribution in [2.24, 2.45) is 5.41 Å². The van der Waals surface area contributed by atoms with Gasteiger partial charge in [-0.25, -0.2) is 4.98 Å². The summed E-state index contributed by atoms with van der Waals surface area (Å²) in [5.74, 6) is 3.04. The molecule has 5 aromatic rings. The van der Waals surface area contributed by atoms with Crippen LogP contribution in [0.25, 0.3) is 11.0 Å². The molecule has 4 heterocycles. The number of methoxy groups -OCH3 is 2. The number of anilines is 1. The highest BCUT2D eigenvalue weighted by Crippen LogP contribution is 2.53. The van der Waals surface area contributed by atoms with Crippen LogP contribution in [-0.4, -0.2) is 79.0 Å². The van der Waals surface area contributed by atoms with E-state index in [0.717, 1.165) is 73.8 Å². The highest BCUT2D eigenvalue weighted by atomic mass is 16.5. The minimum absolute atomic E-state index is 0.281. The first kappa shape index (κ1) is 32.4. The molecule has 1 aliphatic carbocycles. The highest BCUT2D eigenvalue weighted by molar-refractivity contribution is 5.81. The van der Waals surface area contributed by atoms with Crippen LogP contribution in [0.5, 0.6) is 23.0 Å². The van der Waals surface area contributed by atoms with Gasteiger partial charge in [0.2, 0.25) is 0 Å². The van der Waals surface area contributed by atoms with Crippen molar-refractivity contribution in [2.75, 3.05) is 51.8 Å². The van der Waals surface area contributed by atoms with Crippen molar-refractivity contribution < 1.29 is 19.0 Å². The predicted octanol–water partition coefficient (Wildman–Crippen LogP) is 7.49. The number of aromatic amines is 1. The Bertz CT molecular complexity index is 1940. The molecular weight excluding hydrogens is 626 g/mol. The lowest BCUT2D eigenvalue weighted by Gasteiger charge is -2.58. The molecule has 1 atom stereocenters. The minimum atomic E-state index is 0.281. The Labute approximate surface area is 293 Å². The molecule has 2 saturated heterocycles. The van der Waals surface area contributed by atoms with Gasteiger partial charge in [0.1, 0.15) is 28.6 Å². The van der Waals surface area contributed by atoms with Gasteiger partial charge in [-0.1, -0.05) is 30.3 Å². The number of ether oxygens (including phenoxy) is 3. The molecular formula is C41H45N5O4. The van der Waals surface area contributed by atoms with Gasteiger partial charge in [0, 0.05) is 74.2 Å². The van der Waals surface area contributed by atoms with Gasteiger partial charge in [0.15, 0.2) is 6.29 Å². The van der Waals surface area contributed by atoms with Crippen molar-refractivity contribution in [1.82, 2.24) is 19.8 Å². The molecule has 0 amide bonds. The second kappa shape index (κ2) is 13.8. The summed E-state index contributed by atoms with van der Waals surface area (Å²) in [6.45, 7) is 5.98. The minimum Gasteiger partial charge on any atom is -0.497 e. The SMILES string of the molecule is COc1ccc(CN2CCN(C3CC4(CCN(c5ccc(C=O)c(Oc6cnc7[nH]ccc7c6)c5)CC4)C3)C(c3ccccc3OC)C2)cc1. The molecule has 2 aromatic heterocycles. The molecule has 0 radical (unpaired) electrons. The van der Waals surface area contributed by atoms with E-state index in [1.807, 2.05) is 30.5 Å². The number of H-pyrrole nitrogens is 1. The monoisotopic (exact) mass is 671 g/mol. The van der Waals surface area contributed by atoms with E-state index < -0.39 is 0 Å². The van der Waals surface area contributed by atoms with Crippen molar-refractivity contribution in [3.8, 4) is 23.0 Å². The number of nitrogens with one attached hydrogen (secondary N) is 1. The number of fused-ring (bicyclic) bond motifs is 1. The van der Waals surface area contributed by atoms with E-state index >= 15 is 0 Å². The zero-order valence-electron chi connectivity index (χ0n) is 28.9. The number of aldehydes is 1. The maximum atomic E-state index is 11.9. The van der Waals surface area contributed by atoms with Crippen LogP contribution in [0.1, 0.15) is 53.2 Å². The Morgan fingerprint density at radius 2 is 1.70 bits per heavy atom. The molecule has 1 unspecified atom stereocenters. The smallest absolute Gasteiger partial charge is 0.153 e. The number of piperazine rings is 1. The summed E-state index contributed by atoms with van der Waals surface area (Å²) in [7, 11) is 3.50. The van der Waals surface area contributed by atoms with Gasteiger partial charge >= 0.3 is 0 Å². The summed E-state index contributed by atoms with van der Waals surface area (Å²) in [6, 6.07) is 27.7. The van der Waals surface area contributed by atoms with Crippen LogP contribution >= 0.6 is 0 Å². The number of aromatic nitrogens is 2. The maximum absolute atomic E-state index is 11.9. The average Bonchev–Trinajstić information content (AvgIpc) is 3.62. The number of para-hydroxylation sites is 1. The number of benzene rings is 3. The molecule has 3 aliphatic rings. The summed E-state index contributed by atoms with van der Waals surface area (Å²) >= 11 is 0. The van der Waals surface area contributed by atoms with E-state index in [1.54, 1.807) is 20.4 Å². The predicted molar refractivity (Wildman–Crippen MR) is 196 cm³/mol. The highest BCUT2D eigenvalue weighted by Gasteiger charge is 2.50. The van der Waals surface area contributed by atoms with Gasteiger partial charge in [0.05, 0.1) is 32.0 Å². The van der Waals surface area contributed by atoms with E-state index in [-0.39, 0.29) is 6.04 Å². The lowest BCUT2D eigenvalue weighted by atomic mass is 9.59. The molecule has 2 aliphatic heterocycles. The fourth-order valence-electron chi connectivity index (χ4n) is 8.47. The second-order valence-corrected chi connectivity index (χ2v) is 14.2. The summed E-state index contributed by atoms with van der Waals surface area (Å²) < 4.78 is 17.5. The van der Waals surface area contributed by atoms with Gasteiger partial charge in [-0.15, -0.1) is 0 Å². The van der Waals surface area contributed by atoms with Crippen molar-refractivity contribution >= 4 is 23.0 Å². The van der Waals surface area contributed by atoms with Gasteiger partial charge in [-0.05, 0) is 79.1 Å². The summed E-state index contributed by atoms with van der Waals surface area (Å²) in [4.78, 5) is 27.3. The quantitative estimate of drug-likeness (QED) is 0.153. The maximum Gasteiger partial charge on any atom is 0.153 e. The molecule has 1 spiro atoms. The molecule has 9 nitrogen and oxygen atoms in total. The van der Waals surface area contributed by atoms with E-state index in [0.29, 0.717) is 28.5 Å². The summed E-state index contributed by atoms with van der Waals surface area (Å²) in [6.07, 6.45) is 9.21.